The van der Waals surface area contributed by atoms with E-state index in [0.717, 1.165) is 0 Å². The van der Waals surface area contributed by atoms with E-state index in [-0.39, 0.29) is 0 Å². The van der Waals surface area contributed by atoms with Crippen molar-refractivity contribution in [3.63, 3.8) is 0 Å². The summed E-state index contributed by atoms with van der Waals surface area (Å²) in [6.07, 6.45) is 0. The quantitative estimate of drug-likeness (QED) is 0.695. The third-order valence-corrected chi connectivity index (χ3v) is 1.76. The van der Waals surface area contributed by atoms with Crippen LogP contribution in [-0.4, -0.2) is 24.5 Å². The van der Waals surface area contributed by atoms with Gasteiger partial charge in [0.25, 0.3) is 0 Å². The van der Waals surface area contributed by atoms with E-state index in [4.69, 9.17) is 9.47 Å². The number of benzene rings is 1. The molecule has 0 radical (unpaired) electrons. The van der Waals surface area contributed by atoms with Gasteiger partial charge in [-0.25, -0.2) is 4.63 Å². The molecule has 13 heavy (non-hydrogen) atoms. The highest BCUT2D eigenvalue weighted by atomic mass is 16.6. The van der Waals surface area contributed by atoms with Crippen LogP contribution in [0.25, 0.3) is 11.0 Å². The number of aromatic nitrogens is 2. The molecule has 0 saturated heterocycles. The lowest BCUT2D eigenvalue weighted by molar-refractivity contribution is 0.315. The first-order valence-electron chi connectivity index (χ1n) is 3.69. The molecule has 0 N–H and O–H groups in total. The van der Waals surface area contributed by atoms with Gasteiger partial charge in [-0.05, 0) is 10.3 Å². The van der Waals surface area contributed by atoms with Crippen molar-refractivity contribution in [2.75, 3.05) is 14.2 Å². The summed E-state index contributed by atoms with van der Waals surface area (Å²) < 4.78 is 14.7. The normalized spacial score (nSPS) is 10.3. The molecule has 0 fully saturated rings. The molecule has 5 nitrogen and oxygen atoms in total. The lowest BCUT2D eigenvalue weighted by Crippen LogP contribution is -1.89. The van der Waals surface area contributed by atoms with E-state index in [1.165, 1.54) is 0 Å². The summed E-state index contributed by atoms with van der Waals surface area (Å²) in [5.41, 5.74) is 1.30. The molecule has 5 heteroatoms. The summed E-state index contributed by atoms with van der Waals surface area (Å²) in [6, 6.07) is 3.43. The molecule has 1 aromatic carbocycles. The molecule has 0 aliphatic heterocycles. The molecule has 0 aliphatic rings. The Morgan fingerprint density at radius 1 is 1.00 bits per heavy atom. The highest BCUT2D eigenvalue weighted by Crippen LogP contribution is 2.30. The molecule has 0 unspecified atom stereocenters. The summed E-state index contributed by atoms with van der Waals surface area (Å²) >= 11 is 0. The van der Waals surface area contributed by atoms with Crippen molar-refractivity contribution >= 4 is 11.0 Å². The molecule has 0 spiro atoms. The van der Waals surface area contributed by atoms with Crippen molar-refractivity contribution in [3.8, 4) is 11.5 Å². The van der Waals surface area contributed by atoms with Gasteiger partial charge in [-0.2, -0.15) is 0 Å². The standard InChI is InChI=1S/C8H8N2O3/c1-11-7-3-5-6(10-13-9-5)4-8(7)12-2/h3-4H,1-2H3. The Bertz CT molecular complexity index is 386. The van der Waals surface area contributed by atoms with Gasteiger partial charge in [0.2, 0.25) is 0 Å². The van der Waals surface area contributed by atoms with E-state index in [1.807, 2.05) is 0 Å². The smallest absolute Gasteiger partial charge is 0.163 e. The number of ether oxygens (including phenoxy) is 2. The van der Waals surface area contributed by atoms with Gasteiger partial charge in [-0.3, -0.25) is 0 Å². The van der Waals surface area contributed by atoms with Crippen molar-refractivity contribution in [1.29, 1.82) is 0 Å². The highest BCUT2D eigenvalue weighted by molar-refractivity contribution is 5.77. The monoisotopic (exact) mass is 180 g/mol. The fraction of sp³-hybridized carbons (Fsp3) is 0.250. The molecule has 0 amide bonds. The number of hydrogen-bond acceptors (Lipinski definition) is 5. The van der Waals surface area contributed by atoms with Crippen molar-refractivity contribution < 1.29 is 14.1 Å². The zero-order valence-corrected chi connectivity index (χ0v) is 7.27. The fourth-order valence-electron chi connectivity index (χ4n) is 1.11. The third kappa shape index (κ3) is 1.18. The number of methoxy groups -OCH3 is 2. The first-order valence-corrected chi connectivity index (χ1v) is 3.69. The Morgan fingerprint density at radius 3 is 1.85 bits per heavy atom. The Morgan fingerprint density at radius 2 is 1.46 bits per heavy atom. The molecular weight excluding hydrogens is 172 g/mol. The van der Waals surface area contributed by atoms with Gasteiger partial charge in [-0.15, -0.1) is 0 Å². The lowest BCUT2D eigenvalue weighted by atomic mass is 10.3. The van der Waals surface area contributed by atoms with E-state index in [2.05, 4.69) is 14.9 Å². The second kappa shape index (κ2) is 2.93. The Labute approximate surface area is 74.2 Å². The summed E-state index contributed by atoms with van der Waals surface area (Å²) in [6.45, 7) is 0. The number of fused-ring (bicyclic) bond motifs is 1. The van der Waals surface area contributed by atoms with Crippen molar-refractivity contribution in [2.45, 2.75) is 0 Å². The third-order valence-electron chi connectivity index (χ3n) is 1.76. The number of hydrogen-bond donors (Lipinski definition) is 0. The van der Waals surface area contributed by atoms with Gasteiger partial charge in [0.05, 0.1) is 14.2 Å². The highest BCUT2D eigenvalue weighted by Gasteiger charge is 2.08. The maximum absolute atomic E-state index is 5.08. The first-order chi connectivity index (χ1) is 6.35. The van der Waals surface area contributed by atoms with Crippen LogP contribution in [0.15, 0.2) is 16.8 Å². The fourth-order valence-corrected chi connectivity index (χ4v) is 1.11. The minimum Gasteiger partial charge on any atom is -0.493 e. The van der Waals surface area contributed by atoms with Crippen LogP contribution in [0.2, 0.25) is 0 Å². The molecule has 1 aromatic heterocycles. The molecular formula is C8H8N2O3. The van der Waals surface area contributed by atoms with Gasteiger partial charge >= 0.3 is 0 Å². The van der Waals surface area contributed by atoms with E-state index >= 15 is 0 Å². The van der Waals surface area contributed by atoms with Crippen LogP contribution in [-0.2, 0) is 0 Å². The zero-order chi connectivity index (χ0) is 9.26. The number of rotatable bonds is 2. The molecule has 0 bridgehead atoms. The molecule has 0 saturated carbocycles. The number of nitrogens with zero attached hydrogens (tertiary/aromatic N) is 2. The van der Waals surface area contributed by atoms with Gasteiger partial charge in [0.1, 0.15) is 11.0 Å². The van der Waals surface area contributed by atoms with E-state index in [9.17, 15) is 0 Å². The largest absolute Gasteiger partial charge is 0.493 e. The van der Waals surface area contributed by atoms with E-state index in [0.29, 0.717) is 22.5 Å². The van der Waals surface area contributed by atoms with Crippen LogP contribution < -0.4 is 9.47 Å². The van der Waals surface area contributed by atoms with Gasteiger partial charge in [0, 0.05) is 12.1 Å². The Hall–Kier alpha value is -1.78. The minimum absolute atomic E-state index is 0.616. The Balaban J connectivity index is 2.67. The summed E-state index contributed by atoms with van der Waals surface area (Å²) in [5.74, 6) is 1.23. The van der Waals surface area contributed by atoms with Crippen LogP contribution in [0.3, 0.4) is 0 Å². The average molecular weight is 180 g/mol. The maximum atomic E-state index is 5.08. The van der Waals surface area contributed by atoms with Crippen LogP contribution >= 0.6 is 0 Å². The second-order valence-electron chi connectivity index (χ2n) is 2.46. The summed E-state index contributed by atoms with van der Waals surface area (Å²) in [4.78, 5) is 0. The van der Waals surface area contributed by atoms with Crippen molar-refractivity contribution in [2.24, 2.45) is 0 Å². The van der Waals surface area contributed by atoms with E-state index in [1.54, 1.807) is 26.4 Å². The first kappa shape index (κ1) is 7.85. The van der Waals surface area contributed by atoms with Gasteiger partial charge in [0.15, 0.2) is 11.5 Å². The van der Waals surface area contributed by atoms with Crippen LogP contribution in [0.5, 0.6) is 11.5 Å². The molecule has 0 atom stereocenters. The van der Waals surface area contributed by atoms with Crippen molar-refractivity contribution in [3.05, 3.63) is 12.1 Å². The predicted molar refractivity (Wildman–Crippen MR) is 44.9 cm³/mol. The van der Waals surface area contributed by atoms with Gasteiger partial charge in [-0.1, -0.05) is 0 Å². The van der Waals surface area contributed by atoms with Crippen LogP contribution in [0, 0.1) is 0 Å². The van der Waals surface area contributed by atoms with Crippen LogP contribution in [0.1, 0.15) is 0 Å². The van der Waals surface area contributed by atoms with Gasteiger partial charge < -0.3 is 9.47 Å². The second-order valence-corrected chi connectivity index (χ2v) is 2.46. The average Bonchev–Trinajstić information content (AvgIpc) is 2.62. The lowest BCUT2D eigenvalue weighted by Gasteiger charge is -2.05. The summed E-state index contributed by atoms with van der Waals surface area (Å²) in [7, 11) is 3.13. The molecule has 2 aromatic rings. The molecule has 68 valence electrons. The predicted octanol–water partition coefficient (Wildman–Crippen LogP) is 1.24. The SMILES string of the molecule is COc1cc2nonc2cc1OC. The molecule has 1 heterocycles. The maximum Gasteiger partial charge on any atom is 0.163 e. The van der Waals surface area contributed by atoms with Crippen LogP contribution in [0.4, 0.5) is 0 Å². The molecule has 0 aliphatic carbocycles. The Kier molecular flexibility index (Phi) is 1.77. The molecule has 2 rings (SSSR count). The van der Waals surface area contributed by atoms with E-state index < -0.39 is 0 Å². The topological polar surface area (TPSA) is 57.4 Å². The zero-order valence-electron chi connectivity index (χ0n) is 7.27. The van der Waals surface area contributed by atoms with Crippen molar-refractivity contribution in [1.82, 2.24) is 10.3 Å². The summed E-state index contributed by atoms with van der Waals surface area (Å²) in [5, 5.41) is 7.36. The minimum atomic E-state index is 0.616.